The van der Waals surface area contributed by atoms with Crippen molar-refractivity contribution < 1.29 is 28.8 Å². The molecule has 2 saturated heterocycles. The van der Waals surface area contributed by atoms with Crippen LogP contribution in [0.25, 0.3) is 11.2 Å². The van der Waals surface area contributed by atoms with Crippen LogP contribution >= 0.6 is 0 Å². The number of benzene rings is 3. The van der Waals surface area contributed by atoms with Crippen molar-refractivity contribution in [1.82, 2.24) is 19.5 Å². The molecule has 49 heavy (non-hydrogen) atoms. The van der Waals surface area contributed by atoms with Gasteiger partial charge in [-0.15, -0.1) is 0 Å². The molecule has 2 aliphatic heterocycles. The van der Waals surface area contributed by atoms with Crippen LogP contribution in [-0.2, 0) is 19.7 Å². The third kappa shape index (κ3) is 5.32. The van der Waals surface area contributed by atoms with Crippen molar-refractivity contribution in [3.63, 3.8) is 0 Å². The summed E-state index contributed by atoms with van der Waals surface area (Å²) in [5.41, 5.74) is 0.959. The van der Waals surface area contributed by atoms with Crippen LogP contribution in [-0.4, -0.2) is 68.0 Å². The molecular formula is C38H43N5O6. The fraction of sp³-hybridized carbons (Fsp3) is 0.395. The summed E-state index contributed by atoms with van der Waals surface area (Å²) in [6.07, 6.45) is 0.901. The fourth-order valence-corrected chi connectivity index (χ4v) is 7.51. The van der Waals surface area contributed by atoms with Crippen LogP contribution in [0.15, 0.2) is 91.3 Å². The van der Waals surface area contributed by atoms with E-state index >= 15 is 0 Å². The molecule has 0 radical (unpaired) electrons. The minimum absolute atomic E-state index is 0.239. The second-order valence-electron chi connectivity index (χ2n) is 13.2. The first-order chi connectivity index (χ1) is 23.6. The van der Waals surface area contributed by atoms with Crippen molar-refractivity contribution in [2.75, 3.05) is 25.6 Å². The molecule has 0 saturated carbocycles. The zero-order valence-corrected chi connectivity index (χ0v) is 28.7. The molecular weight excluding hydrogens is 622 g/mol. The maximum absolute atomic E-state index is 10.7. The second kappa shape index (κ2) is 12.4. The summed E-state index contributed by atoms with van der Waals surface area (Å²) in [5.74, 6) is 0.490. The highest BCUT2D eigenvalue weighted by atomic mass is 16.8. The zero-order chi connectivity index (χ0) is 34.4. The highest BCUT2D eigenvalue weighted by molar-refractivity contribution is 5.78. The van der Waals surface area contributed by atoms with Crippen LogP contribution in [0.3, 0.4) is 0 Å². The van der Waals surface area contributed by atoms with E-state index in [2.05, 4.69) is 29.6 Å². The molecule has 2 aliphatic rings. The third-order valence-corrected chi connectivity index (χ3v) is 9.73. The highest BCUT2D eigenvalue weighted by Crippen LogP contribution is 2.56. The Hall–Kier alpha value is -4.55. The molecule has 0 amide bonds. The first kappa shape index (κ1) is 33.0. The van der Waals surface area contributed by atoms with Gasteiger partial charge in [-0.25, -0.2) is 4.98 Å². The maximum Gasteiger partial charge on any atom is 0.247 e. The molecule has 4 heterocycles. The van der Waals surface area contributed by atoms with E-state index in [-0.39, 0.29) is 6.61 Å². The molecule has 11 heteroatoms. The van der Waals surface area contributed by atoms with Gasteiger partial charge >= 0.3 is 0 Å². The van der Waals surface area contributed by atoms with Gasteiger partial charge in [0.05, 0.1) is 26.7 Å². The molecule has 4 atom stereocenters. The van der Waals surface area contributed by atoms with Crippen molar-refractivity contribution in [1.29, 1.82) is 0 Å². The van der Waals surface area contributed by atoms with E-state index in [1.54, 1.807) is 13.4 Å². The number of hydrogen-bond donors (Lipinski definition) is 2. The van der Waals surface area contributed by atoms with Crippen LogP contribution in [0.2, 0.25) is 0 Å². The standard InChI is InChI=1S/C38H43N5O6/c1-7-37(23-44)32-36(5,49-35(3,4)47-32)33(48-37)43-24-39-29-30(43)40-34(41-31(29)46-8-2)42-38(25-15-11-9-12-16-25,26-17-13-10-14-18-26)27-19-21-28(45-6)22-20-27/h9-22,24,32-33,44H,7-8,23H2,1-6H3,(H,40,41,42)/t32-,33+,36+,37+/m0/s1. The lowest BCUT2D eigenvalue weighted by molar-refractivity contribution is -0.239. The SMILES string of the molecule is CCOc1nc(NC(c2ccccc2)(c2ccccc2)c2ccc(OC)cc2)nc2c1ncn2[C@@H]1O[C@](CC)(CO)[C@H]2OC(C)(C)O[C@]21C. The molecule has 0 unspecified atom stereocenters. The first-order valence-corrected chi connectivity index (χ1v) is 16.7. The summed E-state index contributed by atoms with van der Waals surface area (Å²) in [6.45, 7) is 9.72. The Bertz CT molecular complexity index is 1870. The van der Waals surface area contributed by atoms with Gasteiger partial charge in [-0.1, -0.05) is 79.7 Å². The smallest absolute Gasteiger partial charge is 0.247 e. The van der Waals surface area contributed by atoms with Crippen LogP contribution in [0, 0.1) is 0 Å². The largest absolute Gasteiger partial charge is 0.497 e. The fourth-order valence-electron chi connectivity index (χ4n) is 7.51. The Morgan fingerprint density at radius 2 is 1.51 bits per heavy atom. The Kier molecular flexibility index (Phi) is 8.35. The minimum atomic E-state index is -0.995. The van der Waals surface area contributed by atoms with E-state index in [4.69, 9.17) is 38.6 Å². The van der Waals surface area contributed by atoms with Crippen molar-refractivity contribution in [2.45, 2.75) is 75.9 Å². The summed E-state index contributed by atoms with van der Waals surface area (Å²) in [6, 6.07) is 28.4. The molecule has 2 aromatic heterocycles. The summed E-state index contributed by atoms with van der Waals surface area (Å²) in [4.78, 5) is 14.8. The van der Waals surface area contributed by atoms with Gasteiger partial charge in [-0.05, 0) is 62.9 Å². The van der Waals surface area contributed by atoms with Crippen LogP contribution in [0.1, 0.15) is 64.0 Å². The predicted molar refractivity (Wildman–Crippen MR) is 185 cm³/mol. The van der Waals surface area contributed by atoms with Gasteiger partial charge in [-0.2, -0.15) is 9.97 Å². The second-order valence-corrected chi connectivity index (χ2v) is 13.2. The Balaban J connectivity index is 1.43. The Morgan fingerprint density at radius 1 is 0.878 bits per heavy atom. The molecule has 3 aromatic carbocycles. The van der Waals surface area contributed by atoms with Crippen LogP contribution in [0.5, 0.6) is 11.6 Å². The summed E-state index contributed by atoms with van der Waals surface area (Å²) >= 11 is 0. The summed E-state index contributed by atoms with van der Waals surface area (Å²) in [7, 11) is 1.65. The Morgan fingerprint density at radius 3 is 2.08 bits per heavy atom. The van der Waals surface area contributed by atoms with Crippen molar-refractivity contribution in [3.8, 4) is 11.6 Å². The average molecular weight is 666 g/mol. The zero-order valence-electron chi connectivity index (χ0n) is 28.7. The normalized spacial score (nSPS) is 24.6. The lowest BCUT2D eigenvalue weighted by Crippen LogP contribution is -2.49. The quantitative estimate of drug-likeness (QED) is 0.157. The first-order valence-electron chi connectivity index (χ1n) is 16.7. The molecule has 2 N–H and O–H groups in total. The van der Waals surface area contributed by atoms with Gasteiger partial charge in [0.15, 0.2) is 23.2 Å². The topological polar surface area (TPSA) is 122 Å². The Labute approximate surface area is 286 Å². The number of aliphatic hydroxyl groups is 1. The number of nitrogens with zero attached hydrogens (tertiary/aromatic N) is 4. The van der Waals surface area contributed by atoms with E-state index in [1.807, 2.05) is 99.8 Å². The van der Waals surface area contributed by atoms with E-state index in [9.17, 15) is 5.11 Å². The number of imidazole rings is 1. The summed E-state index contributed by atoms with van der Waals surface area (Å²) in [5, 5.41) is 14.4. The number of rotatable bonds is 11. The number of hydrogen-bond acceptors (Lipinski definition) is 10. The van der Waals surface area contributed by atoms with Crippen molar-refractivity contribution in [2.24, 2.45) is 0 Å². The molecule has 2 fully saturated rings. The van der Waals surface area contributed by atoms with Crippen molar-refractivity contribution >= 4 is 17.1 Å². The summed E-state index contributed by atoms with van der Waals surface area (Å²) < 4.78 is 33.2. The van der Waals surface area contributed by atoms with Gasteiger partial charge in [0, 0.05) is 0 Å². The van der Waals surface area contributed by atoms with Gasteiger partial charge in [0.25, 0.3) is 0 Å². The number of methoxy groups -OCH3 is 1. The van der Waals surface area contributed by atoms with E-state index in [1.165, 1.54) is 0 Å². The molecule has 0 bridgehead atoms. The van der Waals surface area contributed by atoms with Crippen molar-refractivity contribution in [3.05, 3.63) is 108 Å². The lowest BCUT2D eigenvalue weighted by Gasteiger charge is -2.37. The molecule has 256 valence electrons. The van der Waals surface area contributed by atoms with E-state index < -0.39 is 34.9 Å². The molecule has 0 spiro atoms. The number of anilines is 1. The molecule has 5 aromatic rings. The van der Waals surface area contributed by atoms with Gasteiger partial charge < -0.3 is 34.1 Å². The van der Waals surface area contributed by atoms with E-state index in [0.717, 1.165) is 22.4 Å². The lowest BCUT2D eigenvalue weighted by atomic mass is 9.77. The number of aliphatic hydroxyl groups excluding tert-OH is 1. The van der Waals surface area contributed by atoms with Gasteiger partial charge in [0.2, 0.25) is 11.8 Å². The van der Waals surface area contributed by atoms with Crippen LogP contribution in [0.4, 0.5) is 5.95 Å². The number of ether oxygens (including phenoxy) is 5. The number of aromatic nitrogens is 4. The molecule has 11 nitrogen and oxygen atoms in total. The minimum Gasteiger partial charge on any atom is -0.497 e. The molecule has 0 aliphatic carbocycles. The monoisotopic (exact) mass is 665 g/mol. The maximum atomic E-state index is 10.7. The number of fused-ring (bicyclic) bond motifs is 2. The molecule has 7 rings (SSSR count). The highest BCUT2D eigenvalue weighted by Gasteiger charge is 2.69. The third-order valence-electron chi connectivity index (χ3n) is 9.73. The average Bonchev–Trinajstić information content (AvgIpc) is 3.73. The van der Waals surface area contributed by atoms with Gasteiger partial charge in [-0.3, -0.25) is 4.57 Å². The van der Waals surface area contributed by atoms with E-state index in [0.29, 0.717) is 36.0 Å². The predicted octanol–water partition coefficient (Wildman–Crippen LogP) is 6.22. The number of nitrogens with one attached hydrogen (secondary N) is 1. The van der Waals surface area contributed by atoms with Crippen LogP contribution < -0.4 is 14.8 Å². The van der Waals surface area contributed by atoms with Gasteiger partial charge in [0.1, 0.15) is 28.6 Å².